The van der Waals surface area contributed by atoms with Gasteiger partial charge in [0.25, 0.3) is 0 Å². The summed E-state index contributed by atoms with van der Waals surface area (Å²) in [4.78, 5) is 13.8. The maximum atomic E-state index is 12.0. The first-order chi connectivity index (χ1) is 7.92. The quantitative estimate of drug-likeness (QED) is 0.742. The second-order valence-electron chi connectivity index (χ2n) is 5.17. The normalized spacial score (nSPS) is 32.8. The van der Waals surface area contributed by atoms with Gasteiger partial charge in [0.15, 0.2) is 9.84 Å². The van der Waals surface area contributed by atoms with Crippen LogP contribution in [0.25, 0.3) is 0 Å². The van der Waals surface area contributed by atoms with Crippen LogP contribution in [0.3, 0.4) is 0 Å². The Kier molecular flexibility index (Phi) is 3.45. The van der Waals surface area contributed by atoms with E-state index in [-0.39, 0.29) is 17.7 Å². The lowest BCUT2D eigenvalue weighted by atomic mass is 9.93. The van der Waals surface area contributed by atoms with E-state index in [1.54, 1.807) is 4.90 Å². The first-order valence-corrected chi connectivity index (χ1v) is 8.16. The molecule has 98 valence electrons. The van der Waals surface area contributed by atoms with Gasteiger partial charge in [0, 0.05) is 31.9 Å². The van der Waals surface area contributed by atoms with Gasteiger partial charge in [-0.25, -0.2) is 8.42 Å². The summed E-state index contributed by atoms with van der Waals surface area (Å²) in [6.07, 6.45) is 2.02. The van der Waals surface area contributed by atoms with E-state index in [2.05, 4.69) is 12.2 Å². The van der Waals surface area contributed by atoms with Crippen molar-refractivity contribution in [2.75, 3.05) is 31.6 Å². The lowest BCUT2D eigenvalue weighted by molar-refractivity contribution is -0.129. The Morgan fingerprint density at radius 3 is 2.71 bits per heavy atom. The molecule has 5 nitrogen and oxygen atoms in total. The van der Waals surface area contributed by atoms with Crippen molar-refractivity contribution in [2.24, 2.45) is 11.8 Å². The fourth-order valence-corrected chi connectivity index (χ4v) is 3.75. The van der Waals surface area contributed by atoms with Crippen LogP contribution >= 0.6 is 0 Å². The molecule has 0 aromatic rings. The van der Waals surface area contributed by atoms with Crippen molar-refractivity contribution in [3.63, 3.8) is 0 Å². The molecule has 17 heavy (non-hydrogen) atoms. The molecule has 0 spiro atoms. The summed E-state index contributed by atoms with van der Waals surface area (Å²) in [6, 6.07) is 0.212. The third kappa shape index (κ3) is 2.63. The van der Waals surface area contributed by atoms with Crippen molar-refractivity contribution in [1.29, 1.82) is 0 Å². The largest absolute Gasteiger partial charge is 0.338 e. The average molecular weight is 260 g/mol. The minimum Gasteiger partial charge on any atom is -0.338 e. The van der Waals surface area contributed by atoms with Gasteiger partial charge in [-0.3, -0.25) is 4.79 Å². The summed E-state index contributed by atoms with van der Waals surface area (Å²) in [6.45, 7) is 4.67. The number of fused-ring (bicyclic) bond motifs is 1. The van der Waals surface area contributed by atoms with Crippen LogP contribution in [0.15, 0.2) is 0 Å². The molecule has 3 unspecified atom stereocenters. The third-order valence-electron chi connectivity index (χ3n) is 3.84. The van der Waals surface area contributed by atoms with Crippen LogP contribution in [0.2, 0.25) is 0 Å². The summed E-state index contributed by atoms with van der Waals surface area (Å²) >= 11 is 0. The maximum Gasteiger partial charge on any atom is 0.238 e. The highest BCUT2D eigenvalue weighted by atomic mass is 32.2. The van der Waals surface area contributed by atoms with E-state index in [0.29, 0.717) is 18.4 Å². The van der Waals surface area contributed by atoms with Crippen LogP contribution in [0.5, 0.6) is 0 Å². The first kappa shape index (κ1) is 12.8. The number of nitrogens with zero attached hydrogens (tertiary/aromatic N) is 1. The lowest BCUT2D eigenvalue weighted by Crippen LogP contribution is -2.42. The Hall–Kier alpha value is -0.620. The highest BCUT2D eigenvalue weighted by Gasteiger charge is 2.45. The molecule has 0 aliphatic carbocycles. The van der Waals surface area contributed by atoms with Crippen molar-refractivity contribution >= 4 is 15.7 Å². The van der Waals surface area contributed by atoms with Crippen molar-refractivity contribution in [1.82, 2.24) is 10.2 Å². The minimum absolute atomic E-state index is 0.212. The van der Waals surface area contributed by atoms with Crippen molar-refractivity contribution in [3.8, 4) is 0 Å². The zero-order valence-electron chi connectivity index (χ0n) is 10.3. The van der Waals surface area contributed by atoms with Gasteiger partial charge < -0.3 is 10.2 Å². The Morgan fingerprint density at radius 1 is 1.41 bits per heavy atom. The second-order valence-corrected chi connectivity index (χ2v) is 7.31. The molecule has 0 aromatic carbocycles. The Labute approximate surface area is 102 Å². The molecule has 2 aliphatic heterocycles. The fourth-order valence-electron chi connectivity index (χ4n) is 3.14. The number of likely N-dealkylation sites (tertiary alicyclic amines) is 1. The van der Waals surface area contributed by atoms with E-state index in [1.165, 1.54) is 0 Å². The molecule has 0 aromatic heterocycles. The molecule has 3 atom stereocenters. The Bertz CT molecular complexity index is 407. The van der Waals surface area contributed by atoms with Crippen molar-refractivity contribution in [2.45, 2.75) is 19.4 Å². The molecule has 2 rings (SSSR count). The summed E-state index contributed by atoms with van der Waals surface area (Å²) < 4.78 is 22.4. The van der Waals surface area contributed by atoms with Crippen LogP contribution < -0.4 is 5.32 Å². The number of nitrogens with one attached hydrogen (secondary N) is 1. The molecule has 0 bridgehead atoms. The van der Waals surface area contributed by atoms with E-state index in [4.69, 9.17) is 0 Å². The molecule has 1 amide bonds. The smallest absolute Gasteiger partial charge is 0.238 e. The van der Waals surface area contributed by atoms with Crippen molar-refractivity contribution < 1.29 is 13.2 Å². The molecule has 0 radical (unpaired) electrons. The number of hydrogen-bond acceptors (Lipinski definition) is 4. The number of sulfone groups is 1. The van der Waals surface area contributed by atoms with Gasteiger partial charge in [0.05, 0.1) is 0 Å². The van der Waals surface area contributed by atoms with Crippen molar-refractivity contribution in [3.05, 3.63) is 0 Å². The van der Waals surface area contributed by atoms with Crippen LogP contribution in [-0.4, -0.2) is 56.9 Å². The van der Waals surface area contributed by atoms with Crippen LogP contribution in [0, 0.1) is 11.8 Å². The molecule has 2 saturated heterocycles. The van der Waals surface area contributed by atoms with Gasteiger partial charge in [-0.2, -0.15) is 0 Å². The van der Waals surface area contributed by atoms with E-state index in [0.717, 1.165) is 25.8 Å². The lowest BCUT2D eigenvalue weighted by Gasteiger charge is -2.26. The Morgan fingerprint density at radius 2 is 2.12 bits per heavy atom. The predicted octanol–water partition coefficient (Wildman–Crippen LogP) is -0.513. The van der Waals surface area contributed by atoms with Gasteiger partial charge in [0.2, 0.25) is 5.91 Å². The monoisotopic (exact) mass is 260 g/mol. The second kappa shape index (κ2) is 4.57. The van der Waals surface area contributed by atoms with Gasteiger partial charge >= 0.3 is 0 Å². The summed E-state index contributed by atoms with van der Waals surface area (Å²) in [7, 11) is -3.22. The summed E-state index contributed by atoms with van der Waals surface area (Å²) in [5.41, 5.74) is 0. The average Bonchev–Trinajstić information content (AvgIpc) is 2.72. The molecular formula is C11H20N2O3S. The highest BCUT2D eigenvalue weighted by molar-refractivity contribution is 7.91. The molecule has 2 heterocycles. The van der Waals surface area contributed by atoms with E-state index < -0.39 is 9.84 Å². The number of amides is 1. The van der Waals surface area contributed by atoms with E-state index in [9.17, 15) is 13.2 Å². The first-order valence-electron chi connectivity index (χ1n) is 6.10. The van der Waals surface area contributed by atoms with E-state index in [1.807, 2.05) is 0 Å². The Balaban J connectivity index is 2.09. The van der Waals surface area contributed by atoms with Gasteiger partial charge in [0.1, 0.15) is 5.75 Å². The molecule has 0 saturated carbocycles. The van der Waals surface area contributed by atoms with E-state index >= 15 is 0 Å². The number of carbonyl (C=O) groups is 1. The summed E-state index contributed by atoms with van der Waals surface area (Å²) in [5, 5.41) is 3.34. The van der Waals surface area contributed by atoms with Crippen LogP contribution in [0.4, 0.5) is 0 Å². The van der Waals surface area contributed by atoms with Gasteiger partial charge in [-0.1, -0.05) is 6.92 Å². The predicted molar refractivity (Wildman–Crippen MR) is 65.4 cm³/mol. The molecule has 6 heteroatoms. The number of hydrogen-bond donors (Lipinski definition) is 1. The number of rotatable bonds is 3. The molecular weight excluding hydrogens is 240 g/mol. The minimum atomic E-state index is -3.22. The standard InChI is InChI=1S/C11H20N2O3S/c1-3-10-9-5-12-4-8(9)6-13(10)11(14)7-17(2,15)16/h8-10,12H,3-7H2,1-2H3. The van der Waals surface area contributed by atoms with Gasteiger partial charge in [-0.15, -0.1) is 0 Å². The number of carbonyl (C=O) groups excluding carboxylic acids is 1. The third-order valence-corrected chi connectivity index (χ3v) is 4.61. The zero-order chi connectivity index (χ0) is 12.6. The highest BCUT2D eigenvalue weighted by Crippen LogP contribution is 2.34. The zero-order valence-corrected chi connectivity index (χ0v) is 11.2. The maximum absolute atomic E-state index is 12.0. The van der Waals surface area contributed by atoms with Crippen LogP contribution in [-0.2, 0) is 14.6 Å². The van der Waals surface area contributed by atoms with Gasteiger partial charge in [-0.05, 0) is 18.3 Å². The van der Waals surface area contributed by atoms with Crippen LogP contribution in [0.1, 0.15) is 13.3 Å². The topological polar surface area (TPSA) is 66.5 Å². The summed E-state index contributed by atoms with van der Waals surface area (Å²) in [5.74, 6) is 0.428. The fraction of sp³-hybridized carbons (Fsp3) is 0.909. The SMILES string of the molecule is CCC1C2CNCC2CN1C(=O)CS(C)(=O)=O. The molecule has 2 fully saturated rings. The molecule has 2 aliphatic rings. The molecule has 1 N–H and O–H groups in total.